The summed E-state index contributed by atoms with van der Waals surface area (Å²) in [5.74, 6) is -0.212. The van der Waals surface area contributed by atoms with Crippen molar-refractivity contribution in [1.29, 1.82) is 0 Å². The van der Waals surface area contributed by atoms with Crippen molar-refractivity contribution in [2.75, 3.05) is 12.3 Å². The number of anilines is 1. The fourth-order valence-corrected chi connectivity index (χ4v) is 2.50. The minimum Gasteiger partial charge on any atom is -0.484 e. The molecule has 0 radical (unpaired) electrons. The Morgan fingerprint density at radius 3 is 2.25 bits per heavy atom. The van der Waals surface area contributed by atoms with Gasteiger partial charge in [0.15, 0.2) is 12.3 Å². The molecule has 0 bridgehead atoms. The summed E-state index contributed by atoms with van der Waals surface area (Å²) in [4.78, 5) is 16.2. The molecule has 148 valence electrons. The molecule has 0 aliphatic heterocycles. The molecule has 0 fully saturated rings. The second kappa shape index (κ2) is 6.73. The van der Waals surface area contributed by atoms with Crippen LogP contribution in [0.5, 0.6) is 5.75 Å². The molecule has 0 atom stereocenters. The number of alkyl halides is 6. The number of hydrogen-bond donors (Lipinski definition) is 1. The molecule has 2 aromatic heterocycles. The predicted molar refractivity (Wildman–Crippen MR) is 87.9 cm³/mol. The summed E-state index contributed by atoms with van der Waals surface area (Å²) in [5, 5.41) is 0. The van der Waals surface area contributed by atoms with Crippen LogP contribution in [-0.2, 0) is 6.18 Å². The van der Waals surface area contributed by atoms with Gasteiger partial charge in [-0.15, -0.1) is 0 Å². The molecule has 28 heavy (non-hydrogen) atoms. The first kappa shape index (κ1) is 19.5. The summed E-state index contributed by atoms with van der Waals surface area (Å²) in [6.07, 6.45) is -8.32. The van der Waals surface area contributed by atoms with Gasteiger partial charge in [0.25, 0.3) is 5.56 Å². The first-order chi connectivity index (χ1) is 13.0. The number of hydrogen-bond acceptors (Lipinski definition) is 4. The van der Waals surface area contributed by atoms with Gasteiger partial charge in [-0.2, -0.15) is 26.3 Å². The molecule has 11 heteroatoms. The average Bonchev–Trinajstić information content (AvgIpc) is 2.59. The molecule has 3 aromatic rings. The third kappa shape index (κ3) is 4.02. The highest BCUT2D eigenvalue weighted by molar-refractivity contribution is 5.68. The van der Waals surface area contributed by atoms with Gasteiger partial charge in [-0.25, -0.2) is 4.98 Å². The molecule has 0 saturated carbocycles. The van der Waals surface area contributed by atoms with Gasteiger partial charge in [0.1, 0.15) is 11.4 Å². The van der Waals surface area contributed by atoms with Crippen LogP contribution < -0.4 is 16.0 Å². The molecule has 0 spiro atoms. The number of benzene rings is 1. The van der Waals surface area contributed by atoms with E-state index in [0.29, 0.717) is 0 Å². The maximum atomic E-state index is 13.5. The standard InChI is InChI=1S/C17H11F6N3O2/c18-16(19,20)8-28-11-3-1-9(2-4-11)13-14(17(21,22)23)25-12-7-10(24)5-6-26(12)15(13)27/h1-7H,8,24H2. The highest BCUT2D eigenvalue weighted by Gasteiger charge is 2.38. The van der Waals surface area contributed by atoms with Crippen LogP contribution >= 0.6 is 0 Å². The zero-order valence-corrected chi connectivity index (χ0v) is 13.8. The monoisotopic (exact) mass is 403 g/mol. The van der Waals surface area contributed by atoms with E-state index in [1.807, 2.05) is 0 Å². The van der Waals surface area contributed by atoms with Crippen LogP contribution in [0.1, 0.15) is 5.69 Å². The van der Waals surface area contributed by atoms with Crippen molar-refractivity contribution in [2.24, 2.45) is 0 Å². The number of aromatic nitrogens is 2. The van der Waals surface area contributed by atoms with Gasteiger partial charge in [-0.1, -0.05) is 12.1 Å². The summed E-state index contributed by atoms with van der Waals surface area (Å²) in [7, 11) is 0. The lowest BCUT2D eigenvalue weighted by atomic mass is 10.0. The van der Waals surface area contributed by atoms with Gasteiger partial charge in [-0.05, 0) is 23.8 Å². The van der Waals surface area contributed by atoms with Crippen LogP contribution in [0.15, 0.2) is 47.4 Å². The van der Waals surface area contributed by atoms with E-state index in [9.17, 15) is 31.1 Å². The van der Waals surface area contributed by atoms with E-state index < -0.39 is 35.8 Å². The van der Waals surface area contributed by atoms with E-state index in [-0.39, 0.29) is 22.6 Å². The molecule has 1 aromatic carbocycles. The van der Waals surface area contributed by atoms with Crippen LogP contribution in [0.3, 0.4) is 0 Å². The molecular formula is C17H11F6N3O2. The Kier molecular flexibility index (Phi) is 4.69. The number of rotatable bonds is 3. The van der Waals surface area contributed by atoms with Gasteiger partial charge in [0, 0.05) is 18.0 Å². The minimum absolute atomic E-state index is 0.124. The molecule has 0 aliphatic rings. The fourth-order valence-electron chi connectivity index (χ4n) is 2.50. The van der Waals surface area contributed by atoms with E-state index >= 15 is 0 Å². The Bertz CT molecular complexity index is 1070. The van der Waals surface area contributed by atoms with Gasteiger partial charge in [0.05, 0.1) is 5.56 Å². The zero-order valence-electron chi connectivity index (χ0n) is 13.8. The summed E-state index contributed by atoms with van der Waals surface area (Å²) in [5.41, 5.74) is 2.03. The quantitative estimate of drug-likeness (QED) is 0.674. The summed E-state index contributed by atoms with van der Waals surface area (Å²) in [6.45, 7) is -1.55. The Balaban J connectivity index is 2.12. The summed E-state index contributed by atoms with van der Waals surface area (Å²) >= 11 is 0. The van der Waals surface area contributed by atoms with Crippen LogP contribution in [0.4, 0.5) is 32.0 Å². The average molecular weight is 403 g/mol. The molecule has 2 N–H and O–H groups in total. The minimum atomic E-state index is -4.95. The topological polar surface area (TPSA) is 69.6 Å². The third-order valence-electron chi connectivity index (χ3n) is 3.67. The summed E-state index contributed by atoms with van der Waals surface area (Å²) < 4.78 is 82.4. The molecule has 0 aliphatic carbocycles. The number of nitrogens with two attached hydrogens (primary N) is 1. The number of pyridine rings is 1. The molecule has 0 amide bonds. The highest BCUT2D eigenvalue weighted by atomic mass is 19.4. The normalized spacial score (nSPS) is 12.4. The second-order valence-corrected chi connectivity index (χ2v) is 5.75. The lowest BCUT2D eigenvalue weighted by molar-refractivity contribution is -0.153. The van der Waals surface area contributed by atoms with Crippen molar-refractivity contribution in [1.82, 2.24) is 9.38 Å². The smallest absolute Gasteiger partial charge is 0.434 e. The van der Waals surface area contributed by atoms with E-state index in [0.717, 1.165) is 34.7 Å². The van der Waals surface area contributed by atoms with Crippen molar-refractivity contribution in [3.05, 3.63) is 58.6 Å². The number of fused-ring (bicyclic) bond motifs is 1. The van der Waals surface area contributed by atoms with Crippen LogP contribution in [0.2, 0.25) is 0 Å². The Hall–Kier alpha value is -3.24. The molecule has 0 saturated heterocycles. The molecular weight excluding hydrogens is 392 g/mol. The number of nitrogens with zero attached hydrogens (tertiary/aromatic N) is 2. The largest absolute Gasteiger partial charge is 0.484 e. The van der Waals surface area contributed by atoms with Crippen molar-refractivity contribution in [2.45, 2.75) is 12.4 Å². The second-order valence-electron chi connectivity index (χ2n) is 5.75. The Morgan fingerprint density at radius 2 is 1.68 bits per heavy atom. The SMILES string of the molecule is Nc1ccn2c(=O)c(-c3ccc(OCC(F)(F)F)cc3)c(C(F)(F)F)nc2c1. The number of ether oxygens (including phenoxy) is 1. The van der Waals surface area contributed by atoms with Crippen LogP contribution in [0.25, 0.3) is 16.8 Å². The number of halogens is 6. The van der Waals surface area contributed by atoms with Gasteiger partial charge in [-0.3, -0.25) is 9.20 Å². The molecule has 2 heterocycles. The Labute approximate surface area is 153 Å². The van der Waals surface area contributed by atoms with E-state index in [1.165, 1.54) is 12.3 Å². The van der Waals surface area contributed by atoms with Crippen molar-refractivity contribution in [3.8, 4) is 16.9 Å². The molecule has 0 unspecified atom stereocenters. The molecule has 5 nitrogen and oxygen atoms in total. The number of nitrogen functional groups attached to an aromatic ring is 1. The fraction of sp³-hybridized carbons (Fsp3) is 0.176. The lowest BCUT2D eigenvalue weighted by Crippen LogP contribution is -2.24. The maximum Gasteiger partial charge on any atom is 0.434 e. The lowest BCUT2D eigenvalue weighted by Gasteiger charge is -2.14. The maximum absolute atomic E-state index is 13.5. The predicted octanol–water partition coefficient (Wildman–Crippen LogP) is 3.90. The van der Waals surface area contributed by atoms with Gasteiger partial charge < -0.3 is 10.5 Å². The van der Waals surface area contributed by atoms with Crippen LogP contribution in [-0.4, -0.2) is 22.2 Å². The van der Waals surface area contributed by atoms with Crippen molar-refractivity contribution in [3.63, 3.8) is 0 Å². The van der Waals surface area contributed by atoms with Crippen LogP contribution in [0, 0.1) is 0 Å². The highest BCUT2D eigenvalue weighted by Crippen LogP contribution is 2.35. The van der Waals surface area contributed by atoms with Crippen molar-refractivity contribution >= 4 is 11.3 Å². The van der Waals surface area contributed by atoms with E-state index in [4.69, 9.17) is 5.73 Å². The summed E-state index contributed by atoms with van der Waals surface area (Å²) in [6, 6.07) is 6.64. The van der Waals surface area contributed by atoms with Gasteiger partial charge >= 0.3 is 12.4 Å². The first-order valence-electron chi connectivity index (χ1n) is 7.65. The third-order valence-corrected chi connectivity index (χ3v) is 3.67. The van der Waals surface area contributed by atoms with E-state index in [2.05, 4.69) is 9.72 Å². The Morgan fingerprint density at radius 1 is 1.04 bits per heavy atom. The zero-order chi connectivity index (χ0) is 20.7. The van der Waals surface area contributed by atoms with E-state index in [1.54, 1.807) is 0 Å². The van der Waals surface area contributed by atoms with Gasteiger partial charge in [0.2, 0.25) is 0 Å². The van der Waals surface area contributed by atoms with Crippen molar-refractivity contribution < 1.29 is 31.1 Å². The first-order valence-corrected chi connectivity index (χ1v) is 7.65. The molecule has 3 rings (SSSR count).